The molecule has 2 unspecified atom stereocenters. The maximum absolute atomic E-state index is 5.99. The van der Waals surface area contributed by atoms with E-state index in [0.29, 0.717) is 6.04 Å². The molecule has 3 nitrogen and oxygen atoms in total. The van der Waals surface area contributed by atoms with Crippen molar-refractivity contribution in [3.63, 3.8) is 0 Å². The van der Waals surface area contributed by atoms with E-state index in [1.165, 1.54) is 11.3 Å². The van der Waals surface area contributed by atoms with Crippen LogP contribution in [0.15, 0.2) is 24.3 Å². The second-order valence-corrected chi connectivity index (χ2v) is 4.52. The Morgan fingerprint density at radius 3 is 2.35 bits per heavy atom. The number of nitrogens with two attached hydrogens (primary N) is 1. The normalized spacial score (nSPS) is 14.4. The van der Waals surface area contributed by atoms with Crippen molar-refractivity contribution in [2.45, 2.75) is 32.4 Å². The maximum Gasteiger partial charge on any atom is 0.0663 e. The minimum atomic E-state index is 0.144. The summed E-state index contributed by atoms with van der Waals surface area (Å²) in [6.45, 7) is 4.98. The van der Waals surface area contributed by atoms with E-state index in [9.17, 15) is 0 Å². The predicted molar refractivity (Wildman–Crippen MR) is 73.4 cm³/mol. The summed E-state index contributed by atoms with van der Waals surface area (Å²) >= 11 is 0. The fraction of sp³-hybridized carbons (Fsp3) is 0.571. The minimum absolute atomic E-state index is 0.144. The van der Waals surface area contributed by atoms with Crippen molar-refractivity contribution in [1.82, 2.24) is 0 Å². The number of hydrogen-bond donors (Lipinski definition) is 1. The zero-order valence-corrected chi connectivity index (χ0v) is 11.3. The quantitative estimate of drug-likeness (QED) is 0.825. The first kappa shape index (κ1) is 14.0. The summed E-state index contributed by atoms with van der Waals surface area (Å²) in [7, 11) is 3.81. The molecule has 0 saturated heterocycles. The third-order valence-corrected chi connectivity index (χ3v) is 3.24. The van der Waals surface area contributed by atoms with Crippen LogP contribution in [0.3, 0.4) is 0 Å². The van der Waals surface area contributed by atoms with Crippen molar-refractivity contribution in [2.75, 3.05) is 25.7 Å². The van der Waals surface area contributed by atoms with Crippen molar-refractivity contribution in [3.05, 3.63) is 29.8 Å². The molecule has 0 aliphatic carbocycles. The van der Waals surface area contributed by atoms with E-state index in [-0.39, 0.29) is 6.04 Å². The second kappa shape index (κ2) is 6.62. The highest BCUT2D eigenvalue weighted by molar-refractivity contribution is 5.48. The molecule has 1 aromatic rings. The van der Waals surface area contributed by atoms with Gasteiger partial charge in [0, 0.05) is 31.9 Å². The molecule has 0 saturated carbocycles. The van der Waals surface area contributed by atoms with E-state index >= 15 is 0 Å². The van der Waals surface area contributed by atoms with Gasteiger partial charge in [0.1, 0.15) is 0 Å². The Hall–Kier alpha value is -1.06. The highest BCUT2D eigenvalue weighted by atomic mass is 16.5. The molecule has 0 aromatic heterocycles. The molecule has 2 atom stereocenters. The summed E-state index contributed by atoms with van der Waals surface area (Å²) in [5.74, 6) is 0. The van der Waals surface area contributed by atoms with Crippen LogP contribution in [-0.2, 0) is 4.74 Å². The van der Waals surface area contributed by atoms with Gasteiger partial charge in [-0.3, -0.25) is 0 Å². The van der Waals surface area contributed by atoms with Gasteiger partial charge in [-0.25, -0.2) is 0 Å². The zero-order valence-electron chi connectivity index (χ0n) is 11.3. The Balaban J connectivity index is 2.73. The monoisotopic (exact) mass is 236 g/mol. The molecule has 96 valence electrons. The van der Waals surface area contributed by atoms with Gasteiger partial charge in [0.15, 0.2) is 0 Å². The van der Waals surface area contributed by atoms with Gasteiger partial charge in [-0.1, -0.05) is 19.1 Å². The number of hydrogen-bond acceptors (Lipinski definition) is 3. The van der Waals surface area contributed by atoms with Crippen molar-refractivity contribution >= 4 is 5.69 Å². The molecular formula is C14H24N2O. The number of nitrogens with zero attached hydrogens (tertiary/aromatic N) is 1. The lowest BCUT2D eigenvalue weighted by Crippen LogP contribution is -2.32. The molecule has 0 aliphatic rings. The molecule has 0 heterocycles. The molecule has 0 spiro atoms. The largest absolute Gasteiger partial charge is 0.383 e. The molecule has 0 amide bonds. The molecule has 0 aliphatic heterocycles. The summed E-state index contributed by atoms with van der Waals surface area (Å²) in [5.41, 5.74) is 8.39. The zero-order chi connectivity index (χ0) is 12.8. The number of rotatable bonds is 6. The van der Waals surface area contributed by atoms with Crippen molar-refractivity contribution in [2.24, 2.45) is 5.73 Å². The van der Waals surface area contributed by atoms with Crippen LogP contribution >= 0.6 is 0 Å². The van der Waals surface area contributed by atoms with Crippen LogP contribution in [0.25, 0.3) is 0 Å². The third-order valence-electron chi connectivity index (χ3n) is 3.24. The first-order valence-corrected chi connectivity index (χ1v) is 6.17. The number of anilines is 1. The Kier molecular flexibility index (Phi) is 5.45. The number of methoxy groups -OCH3 is 1. The van der Waals surface area contributed by atoms with E-state index in [1.807, 2.05) is 0 Å². The molecule has 2 N–H and O–H groups in total. The lowest BCUT2D eigenvalue weighted by atomic mass is 10.0. The van der Waals surface area contributed by atoms with E-state index in [2.05, 4.69) is 50.1 Å². The first-order chi connectivity index (χ1) is 8.10. The molecule has 0 bridgehead atoms. The highest BCUT2D eigenvalue weighted by Crippen LogP contribution is 2.20. The lowest BCUT2D eigenvalue weighted by Gasteiger charge is -2.26. The van der Waals surface area contributed by atoms with Crippen LogP contribution in [-0.4, -0.2) is 26.8 Å². The van der Waals surface area contributed by atoms with Crippen molar-refractivity contribution < 1.29 is 4.74 Å². The summed E-state index contributed by atoms with van der Waals surface area (Å²) in [5, 5.41) is 0. The van der Waals surface area contributed by atoms with Gasteiger partial charge in [-0.15, -0.1) is 0 Å². The topological polar surface area (TPSA) is 38.5 Å². The van der Waals surface area contributed by atoms with Gasteiger partial charge in [-0.05, 0) is 31.0 Å². The van der Waals surface area contributed by atoms with Crippen LogP contribution in [0.5, 0.6) is 0 Å². The molecule has 17 heavy (non-hydrogen) atoms. The van der Waals surface area contributed by atoms with Gasteiger partial charge >= 0.3 is 0 Å². The SMILES string of the molecule is CCC(N)c1ccc(N(C)C(C)COC)cc1. The highest BCUT2D eigenvalue weighted by Gasteiger charge is 2.10. The Morgan fingerprint density at radius 2 is 1.88 bits per heavy atom. The Bertz CT molecular complexity index is 323. The summed E-state index contributed by atoms with van der Waals surface area (Å²) < 4.78 is 5.16. The summed E-state index contributed by atoms with van der Waals surface area (Å²) in [4.78, 5) is 2.21. The standard InChI is InChI=1S/C14H24N2O/c1-5-14(15)12-6-8-13(9-7-12)16(3)11(2)10-17-4/h6-9,11,14H,5,10,15H2,1-4H3. The predicted octanol–water partition coefficient (Wildman–Crippen LogP) is 2.57. The van der Waals surface area contributed by atoms with Crippen LogP contribution in [0.2, 0.25) is 0 Å². The van der Waals surface area contributed by atoms with Gasteiger partial charge in [-0.2, -0.15) is 0 Å². The molecule has 1 aromatic carbocycles. The van der Waals surface area contributed by atoms with Crippen molar-refractivity contribution in [1.29, 1.82) is 0 Å². The summed E-state index contributed by atoms with van der Waals surface area (Å²) in [6, 6.07) is 8.98. The van der Waals surface area contributed by atoms with Crippen molar-refractivity contribution in [3.8, 4) is 0 Å². The average molecular weight is 236 g/mol. The number of benzene rings is 1. The van der Waals surface area contributed by atoms with Gasteiger partial charge in [0.2, 0.25) is 0 Å². The summed E-state index contributed by atoms with van der Waals surface area (Å²) in [6.07, 6.45) is 0.968. The first-order valence-electron chi connectivity index (χ1n) is 6.17. The number of likely N-dealkylation sites (N-methyl/N-ethyl adjacent to an activating group) is 1. The van der Waals surface area contributed by atoms with Gasteiger partial charge in [0.25, 0.3) is 0 Å². The fourth-order valence-electron chi connectivity index (χ4n) is 1.80. The molecule has 0 radical (unpaired) electrons. The maximum atomic E-state index is 5.99. The molecular weight excluding hydrogens is 212 g/mol. The van der Waals surface area contributed by atoms with E-state index in [4.69, 9.17) is 10.5 Å². The minimum Gasteiger partial charge on any atom is -0.383 e. The van der Waals surface area contributed by atoms with Crippen LogP contribution < -0.4 is 10.6 Å². The van der Waals surface area contributed by atoms with Crippen LogP contribution in [0, 0.1) is 0 Å². The number of ether oxygens (including phenoxy) is 1. The third kappa shape index (κ3) is 3.72. The van der Waals surface area contributed by atoms with E-state index < -0.39 is 0 Å². The molecule has 3 heteroatoms. The fourth-order valence-corrected chi connectivity index (χ4v) is 1.80. The van der Waals surface area contributed by atoms with Crippen LogP contribution in [0.1, 0.15) is 31.9 Å². The van der Waals surface area contributed by atoms with Gasteiger partial charge in [0.05, 0.1) is 6.61 Å². The van der Waals surface area contributed by atoms with Gasteiger partial charge < -0.3 is 15.4 Å². The van der Waals surface area contributed by atoms with Crippen LogP contribution in [0.4, 0.5) is 5.69 Å². The molecule has 1 rings (SSSR count). The lowest BCUT2D eigenvalue weighted by molar-refractivity contribution is 0.183. The smallest absolute Gasteiger partial charge is 0.0663 e. The van der Waals surface area contributed by atoms with E-state index in [1.54, 1.807) is 7.11 Å². The van der Waals surface area contributed by atoms with E-state index in [0.717, 1.165) is 13.0 Å². The average Bonchev–Trinajstić information content (AvgIpc) is 2.37. The Morgan fingerprint density at radius 1 is 1.29 bits per heavy atom. The molecule has 0 fully saturated rings. The Labute approximate surface area is 105 Å². The second-order valence-electron chi connectivity index (χ2n) is 4.52.